The van der Waals surface area contributed by atoms with Crippen LogP contribution in [0.25, 0.3) is 0 Å². The first kappa shape index (κ1) is 11.4. The fourth-order valence-electron chi connectivity index (χ4n) is 1.17. The number of anilines is 1. The molecule has 0 atom stereocenters. The van der Waals surface area contributed by atoms with Crippen molar-refractivity contribution >= 4 is 11.8 Å². The average Bonchev–Trinajstić information content (AvgIpc) is 2.27. The van der Waals surface area contributed by atoms with Crippen LogP contribution in [0, 0.1) is 0 Å². The second-order valence-corrected chi connectivity index (χ2v) is 2.88. The van der Waals surface area contributed by atoms with Gasteiger partial charge in [0.15, 0.2) is 0 Å². The van der Waals surface area contributed by atoms with E-state index in [0.717, 1.165) is 0 Å². The van der Waals surface area contributed by atoms with Crippen molar-refractivity contribution in [3.63, 3.8) is 0 Å². The van der Waals surface area contributed by atoms with Crippen LogP contribution in [0.5, 0.6) is 0 Å². The van der Waals surface area contributed by atoms with Crippen LogP contribution >= 0.6 is 0 Å². The maximum absolute atomic E-state index is 11.3. The molecule has 1 aromatic heterocycles. The van der Waals surface area contributed by atoms with Gasteiger partial charge in [0, 0.05) is 18.9 Å². The number of likely N-dealkylation sites (N-methyl/N-ethyl adjacent to an activating group) is 1. The van der Waals surface area contributed by atoms with Crippen molar-refractivity contribution in [2.24, 2.45) is 0 Å². The highest BCUT2D eigenvalue weighted by molar-refractivity contribution is 5.75. The fraction of sp³-hybridized carbons (Fsp3) is 0.500. The third kappa shape index (κ3) is 3.53. The molecule has 0 saturated heterocycles. The number of carbonyl (C=O) groups is 1. The van der Waals surface area contributed by atoms with E-state index >= 15 is 0 Å². The van der Waals surface area contributed by atoms with Gasteiger partial charge < -0.3 is 9.64 Å². The standard InChI is InChI=1S/C10H15N3O2/c1-3-13(8-10(14)15-4-2)9-7-11-5-6-12-9/h5-7H,3-4,8H2,1-2H3. The zero-order chi connectivity index (χ0) is 11.1. The molecule has 0 aliphatic heterocycles. The zero-order valence-electron chi connectivity index (χ0n) is 9.01. The molecule has 0 fully saturated rings. The van der Waals surface area contributed by atoms with Gasteiger partial charge in [0.25, 0.3) is 0 Å². The Morgan fingerprint density at radius 3 is 2.80 bits per heavy atom. The number of hydrogen-bond donors (Lipinski definition) is 0. The zero-order valence-corrected chi connectivity index (χ0v) is 9.01. The van der Waals surface area contributed by atoms with Crippen molar-refractivity contribution in [1.29, 1.82) is 0 Å². The van der Waals surface area contributed by atoms with Gasteiger partial charge in [-0.2, -0.15) is 0 Å². The Labute approximate surface area is 89.1 Å². The summed E-state index contributed by atoms with van der Waals surface area (Å²) >= 11 is 0. The summed E-state index contributed by atoms with van der Waals surface area (Å²) in [4.78, 5) is 21.2. The maximum atomic E-state index is 11.3. The van der Waals surface area contributed by atoms with Gasteiger partial charge >= 0.3 is 5.97 Å². The Kier molecular flexibility index (Phi) is 4.53. The Morgan fingerprint density at radius 1 is 1.47 bits per heavy atom. The van der Waals surface area contributed by atoms with Crippen LogP contribution in [0.15, 0.2) is 18.6 Å². The first-order chi connectivity index (χ1) is 7.27. The van der Waals surface area contributed by atoms with E-state index in [2.05, 4.69) is 9.97 Å². The van der Waals surface area contributed by atoms with E-state index in [9.17, 15) is 4.79 Å². The highest BCUT2D eigenvalue weighted by Gasteiger charge is 2.11. The first-order valence-corrected chi connectivity index (χ1v) is 4.94. The normalized spacial score (nSPS) is 9.73. The summed E-state index contributed by atoms with van der Waals surface area (Å²) in [6.45, 7) is 5.04. The summed E-state index contributed by atoms with van der Waals surface area (Å²) in [5, 5.41) is 0. The van der Waals surface area contributed by atoms with Crippen molar-refractivity contribution in [3.8, 4) is 0 Å². The molecule has 0 aliphatic carbocycles. The molecule has 0 amide bonds. The van der Waals surface area contributed by atoms with Crippen LogP contribution in [0.2, 0.25) is 0 Å². The number of hydrogen-bond acceptors (Lipinski definition) is 5. The van der Waals surface area contributed by atoms with E-state index in [1.54, 1.807) is 25.5 Å². The summed E-state index contributed by atoms with van der Waals surface area (Å²) in [5.41, 5.74) is 0. The quantitative estimate of drug-likeness (QED) is 0.673. The van der Waals surface area contributed by atoms with Crippen LogP contribution in [0.4, 0.5) is 5.82 Å². The summed E-state index contributed by atoms with van der Waals surface area (Å²) in [7, 11) is 0. The van der Waals surface area contributed by atoms with E-state index in [1.165, 1.54) is 0 Å². The molecule has 15 heavy (non-hydrogen) atoms. The summed E-state index contributed by atoms with van der Waals surface area (Å²) in [6.07, 6.45) is 4.83. The lowest BCUT2D eigenvalue weighted by Gasteiger charge is -2.19. The lowest BCUT2D eigenvalue weighted by Crippen LogP contribution is -2.31. The minimum absolute atomic E-state index is 0.211. The number of esters is 1. The molecule has 5 nitrogen and oxygen atoms in total. The lowest BCUT2D eigenvalue weighted by atomic mass is 10.4. The SMILES string of the molecule is CCOC(=O)CN(CC)c1cnccn1. The van der Waals surface area contributed by atoms with Crippen LogP contribution in [0.3, 0.4) is 0 Å². The van der Waals surface area contributed by atoms with Gasteiger partial charge in [0.05, 0.1) is 12.8 Å². The van der Waals surface area contributed by atoms with Crippen LogP contribution in [0.1, 0.15) is 13.8 Å². The third-order valence-electron chi connectivity index (χ3n) is 1.88. The van der Waals surface area contributed by atoms with Crippen LogP contribution in [-0.4, -0.2) is 35.6 Å². The molecule has 5 heteroatoms. The Hall–Kier alpha value is -1.65. The highest BCUT2D eigenvalue weighted by atomic mass is 16.5. The predicted molar refractivity (Wildman–Crippen MR) is 56.6 cm³/mol. The Bertz CT molecular complexity index is 303. The molecular weight excluding hydrogens is 194 g/mol. The molecule has 0 spiro atoms. The van der Waals surface area contributed by atoms with Crippen molar-refractivity contribution in [2.75, 3.05) is 24.6 Å². The van der Waals surface area contributed by atoms with E-state index in [-0.39, 0.29) is 12.5 Å². The second kappa shape index (κ2) is 5.95. The molecule has 0 aliphatic rings. The van der Waals surface area contributed by atoms with E-state index in [1.807, 2.05) is 11.8 Å². The molecule has 0 unspecified atom stereocenters. The monoisotopic (exact) mass is 209 g/mol. The summed E-state index contributed by atoms with van der Waals surface area (Å²) < 4.78 is 4.87. The van der Waals surface area contributed by atoms with Gasteiger partial charge in [-0.05, 0) is 13.8 Å². The van der Waals surface area contributed by atoms with Gasteiger partial charge in [0.2, 0.25) is 0 Å². The van der Waals surface area contributed by atoms with Gasteiger partial charge in [-0.15, -0.1) is 0 Å². The second-order valence-electron chi connectivity index (χ2n) is 2.88. The van der Waals surface area contributed by atoms with Crippen molar-refractivity contribution < 1.29 is 9.53 Å². The molecule has 0 aromatic carbocycles. The lowest BCUT2D eigenvalue weighted by molar-refractivity contribution is -0.141. The third-order valence-corrected chi connectivity index (χ3v) is 1.88. The summed E-state index contributed by atoms with van der Waals surface area (Å²) in [5.74, 6) is 0.443. The number of nitrogens with zero attached hydrogens (tertiary/aromatic N) is 3. The number of ether oxygens (including phenoxy) is 1. The average molecular weight is 209 g/mol. The van der Waals surface area contributed by atoms with Crippen LogP contribution < -0.4 is 4.90 Å². The van der Waals surface area contributed by atoms with E-state index < -0.39 is 0 Å². The van der Waals surface area contributed by atoms with Crippen LogP contribution in [-0.2, 0) is 9.53 Å². The fourth-order valence-corrected chi connectivity index (χ4v) is 1.17. The molecule has 0 radical (unpaired) electrons. The molecule has 0 bridgehead atoms. The number of carbonyl (C=O) groups excluding carboxylic acids is 1. The minimum Gasteiger partial charge on any atom is -0.465 e. The molecule has 1 aromatic rings. The van der Waals surface area contributed by atoms with Crippen molar-refractivity contribution in [2.45, 2.75) is 13.8 Å². The maximum Gasteiger partial charge on any atom is 0.325 e. The number of rotatable bonds is 5. The van der Waals surface area contributed by atoms with Crippen molar-refractivity contribution in [3.05, 3.63) is 18.6 Å². The van der Waals surface area contributed by atoms with Crippen molar-refractivity contribution in [1.82, 2.24) is 9.97 Å². The molecule has 0 N–H and O–H groups in total. The smallest absolute Gasteiger partial charge is 0.325 e. The summed E-state index contributed by atoms with van der Waals surface area (Å²) in [6, 6.07) is 0. The molecule has 1 rings (SSSR count). The minimum atomic E-state index is -0.245. The van der Waals surface area contributed by atoms with Gasteiger partial charge in [-0.25, -0.2) is 4.98 Å². The first-order valence-electron chi connectivity index (χ1n) is 4.94. The topological polar surface area (TPSA) is 55.3 Å². The largest absolute Gasteiger partial charge is 0.465 e. The number of aromatic nitrogens is 2. The molecule has 0 saturated carbocycles. The molecule has 1 heterocycles. The van der Waals surface area contributed by atoms with Gasteiger partial charge in [-0.3, -0.25) is 9.78 Å². The Morgan fingerprint density at radius 2 is 2.27 bits per heavy atom. The Balaban J connectivity index is 2.61. The molecular formula is C10H15N3O2. The van der Waals surface area contributed by atoms with E-state index in [4.69, 9.17) is 4.74 Å². The van der Waals surface area contributed by atoms with Gasteiger partial charge in [0.1, 0.15) is 12.4 Å². The van der Waals surface area contributed by atoms with Gasteiger partial charge in [-0.1, -0.05) is 0 Å². The van der Waals surface area contributed by atoms with E-state index in [0.29, 0.717) is 19.0 Å². The highest BCUT2D eigenvalue weighted by Crippen LogP contribution is 2.06. The predicted octanol–water partition coefficient (Wildman–Crippen LogP) is 0.866. The molecule has 82 valence electrons.